The number of carbonyl (C=O) groups is 1. The van der Waals surface area contributed by atoms with Crippen LogP contribution in [0.4, 0.5) is 0 Å². The number of ether oxygens (including phenoxy) is 3. The number of alkyl halides is 1. The first-order chi connectivity index (χ1) is 17.8. The van der Waals surface area contributed by atoms with Crippen LogP contribution < -0.4 is 14.2 Å². The van der Waals surface area contributed by atoms with Crippen molar-refractivity contribution >= 4 is 36.7 Å². The van der Waals surface area contributed by atoms with Crippen LogP contribution in [0, 0.1) is 10.1 Å². The molecule has 38 heavy (non-hydrogen) atoms. The van der Waals surface area contributed by atoms with E-state index in [4.69, 9.17) is 30.2 Å². The Balaban J connectivity index is 1.95. The predicted octanol–water partition coefficient (Wildman–Crippen LogP) is 5.00. The predicted molar refractivity (Wildman–Crippen MR) is 148 cm³/mol. The number of carbonyl (C=O) groups excluding carboxylic acids is 1. The molecule has 1 N–H and O–H groups in total. The summed E-state index contributed by atoms with van der Waals surface area (Å²) >= 11 is 6.09. The van der Waals surface area contributed by atoms with Crippen LogP contribution in [0.2, 0.25) is 18.1 Å². The molecule has 11 nitrogen and oxygen atoms in total. The third-order valence-corrected chi connectivity index (χ3v) is 12.0. The maximum atomic E-state index is 13.7. The van der Waals surface area contributed by atoms with E-state index < -0.39 is 25.3 Å². The van der Waals surface area contributed by atoms with Crippen LogP contribution >= 0.6 is 11.6 Å². The van der Waals surface area contributed by atoms with Crippen LogP contribution in [0.5, 0.6) is 17.2 Å². The van der Waals surface area contributed by atoms with Crippen molar-refractivity contribution in [2.45, 2.75) is 51.5 Å². The molecule has 3 rings (SSSR count). The van der Waals surface area contributed by atoms with E-state index in [1.54, 1.807) is 17.0 Å². The smallest absolute Gasteiger partial charge is 0.336 e. The van der Waals surface area contributed by atoms with E-state index in [1.165, 1.54) is 32.4 Å². The van der Waals surface area contributed by atoms with Crippen molar-refractivity contribution < 1.29 is 28.4 Å². The maximum Gasteiger partial charge on any atom is 0.336 e. The quantitative estimate of drug-likeness (QED) is 0.174. The Kier molecular flexibility index (Phi) is 8.89. The first-order valence-electron chi connectivity index (χ1n) is 12.3. The standard InChI is InChI=1S/C25H37ClN4O7Si/c1-25(2,3)38(7,8)37-12-11-28-19(9-10-26)29(15-20(28)30(32)33)24(31)17-13-16-14-18(34-4)22(35-5)23(36-6)21(16)27-17/h13-15,19,27H,9-12H2,1-8H3. The molecule has 0 saturated carbocycles. The number of methoxy groups -OCH3 is 3. The molecule has 0 bridgehead atoms. The zero-order chi connectivity index (χ0) is 28.4. The largest absolute Gasteiger partial charge is 0.493 e. The molecule has 0 fully saturated rings. The summed E-state index contributed by atoms with van der Waals surface area (Å²) in [6.45, 7) is 11.2. The van der Waals surface area contributed by atoms with Gasteiger partial charge in [0.1, 0.15) is 18.4 Å². The van der Waals surface area contributed by atoms with Crippen LogP contribution in [0.15, 0.2) is 24.2 Å². The lowest BCUT2D eigenvalue weighted by Gasteiger charge is -2.36. The minimum atomic E-state index is -2.06. The van der Waals surface area contributed by atoms with Crippen molar-refractivity contribution in [3.8, 4) is 17.2 Å². The molecule has 1 aliphatic rings. The molecule has 1 aliphatic heterocycles. The lowest BCUT2D eigenvalue weighted by atomic mass is 10.2. The van der Waals surface area contributed by atoms with E-state index in [2.05, 4.69) is 38.8 Å². The number of halogens is 1. The third kappa shape index (κ3) is 5.57. The van der Waals surface area contributed by atoms with Gasteiger partial charge >= 0.3 is 5.82 Å². The molecule has 0 spiro atoms. The summed E-state index contributed by atoms with van der Waals surface area (Å²) in [4.78, 5) is 31.3. The normalized spacial score (nSPS) is 16.1. The van der Waals surface area contributed by atoms with Gasteiger partial charge in [0.2, 0.25) is 5.75 Å². The van der Waals surface area contributed by atoms with Crippen molar-refractivity contribution in [2.75, 3.05) is 40.4 Å². The second kappa shape index (κ2) is 11.4. The molecule has 1 aromatic heterocycles. The summed E-state index contributed by atoms with van der Waals surface area (Å²) < 4.78 is 22.7. The Morgan fingerprint density at radius 3 is 2.34 bits per heavy atom. The summed E-state index contributed by atoms with van der Waals surface area (Å²) in [7, 11) is 2.44. The zero-order valence-corrected chi connectivity index (χ0v) is 25.0. The van der Waals surface area contributed by atoms with Gasteiger partial charge in [-0.2, -0.15) is 0 Å². The Hall–Kier alpha value is -2.96. The van der Waals surface area contributed by atoms with Crippen molar-refractivity contribution in [3.63, 3.8) is 0 Å². The fourth-order valence-electron chi connectivity index (χ4n) is 4.20. The van der Waals surface area contributed by atoms with Crippen LogP contribution in [-0.2, 0) is 4.43 Å². The number of H-pyrrole nitrogens is 1. The van der Waals surface area contributed by atoms with E-state index in [9.17, 15) is 14.9 Å². The molecule has 0 aliphatic carbocycles. The molecule has 0 saturated heterocycles. The zero-order valence-electron chi connectivity index (χ0n) is 23.2. The first-order valence-corrected chi connectivity index (χ1v) is 15.7. The van der Waals surface area contributed by atoms with Gasteiger partial charge in [0.15, 0.2) is 26.0 Å². The van der Waals surface area contributed by atoms with E-state index in [0.29, 0.717) is 41.2 Å². The minimum absolute atomic E-state index is 0.000630. The van der Waals surface area contributed by atoms with Crippen molar-refractivity contribution in [2.24, 2.45) is 0 Å². The second-order valence-electron chi connectivity index (χ2n) is 10.5. The van der Waals surface area contributed by atoms with E-state index in [1.807, 2.05) is 0 Å². The highest BCUT2D eigenvalue weighted by atomic mass is 35.5. The maximum absolute atomic E-state index is 13.7. The average molecular weight is 569 g/mol. The number of nitrogens with one attached hydrogen (secondary N) is 1. The van der Waals surface area contributed by atoms with Gasteiger partial charge in [-0.15, -0.1) is 11.6 Å². The Labute approximate surface area is 228 Å². The number of rotatable bonds is 11. The van der Waals surface area contributed by atoms with E-state index >= 15 is 0 Å². The van der Waals surface area contributed by atoms with Gasteiger partial charge in [-0.25, -0.2) is 4.90 Å². The van der Waals surface area contributed by atoms with Gasteiger partial charge in [-0.3, -0.25) is 9.69 Å². The highest BCUT2D eigenvalue weighted by Crippen LogP contribution is 2.43. The highest BCUT2D eigenvalue weighted by Gasteiger charge is 2.44. The van der Waals surface area contributed by atoms with Gasteiger partial charge in [0, 0.05) is 17.7 Å². The number of amides is 1. The summed E-state index contributed by atoms with van der Waals surface area (Å²) in [6.07, 6.45) is 0.961. The molecular weight excluding hydrogens is 532 g/mol. The molecule has 1 amide bonds. The Bertz CT molecular complexity index is 1220. The number of nitrogens with zero attached hydrogens (tertiary/aromatic N) is 3. The summed E-state index contributed by atoms with van der Waals surface area (Å²) in [5.41, 5.74) is 0.770. The SMILES string of the molecule is COc1cc2cc(C(=O)N3C=C([N+](=O)[O-])N(CCO[Si](C)(C)C(C)(C)C)C3CCCl)[nH]c2c(OC)c1OC. The number of aromatic amines is 1. The third-order valence-electron chi connectivity index (χ3n) is 7.27. The monoisotopic (exact) mass is 568 g/mol. The fraction of sp³-hybridized carbons (Fsp3) is 0.560. The van der Waals surface area contributed by atoms with Crippen LogP contribution in [0.1, 0.15) is 37.7 Å². The molecule has 1 unspecified atom stereocenters. The van der Waals surface area contributed by atoms with Crippen molar-refractivity contribution in [1.82, 2.24) is 14.8 Å². The van der Waals surface area contributed by atoms with Gasteiger partial charge < -0.3 is 33.7 Å². The van der Waals surface area contributed by atoms with Crippen molar-refractivity contribution in [3.05, 3.63) is 40.0 Å². The summed E-state index contributed by atoms with van der Waals surface area (Å²) in [6, 6.07) is 3.38. The topological polar surface area (TPSA) is 119 Å². The summed E-state index contributed by atoms with van der Waals surface area (Å²) in [5, 5.41) is 12.7. The first kappa shape index (κ1) is 29.6. The number of fused-ring (bicyclic) bond motifs is 1. The molecular formula is C25H37ClN4O7Si. The fourth-order valence-corrected chi connectivity index (χ4v) is 5.43. The molecule has 13 heteroatoms. The average Bonchev–Trinajstić information content (AvgIpc) is 3.43. The highest BCUT2D eigenvalue weighted by molar-refractivity contribution is 6.74. The van der Waals surface area contributed by atoms with Gasteiger partial charge in [-0.1, -0.05) is 20.8 Å². The van der Waals surface area contributed by atoms with Gasteiger partial charge in [0.25, 0.3) is 5.91 Å². The Morgan fingerprint density at radius 1 is 1.16 bits per heavy atom. The number of hydrogen-bond acceptors (Lipinski definition) is 8. The van der Waals surface area contributed by atoms with Crippen LogP contribution in [0.25, 0.3) is 10.9 Å². The van der Waals surface area contributed by atoms with Gasteiger partial charge in [-0.05, 0) is 35.2 Å². The number of benzene rings is 1. The van der Waals surface area contributed by atoms with Crippen molar-refractivity contribution in [1.29, 1.82) is 0 Å². The Morgan fingerprint density at radius 2 is 1.82 bits per heavy atom. The number of aromatic nitrogens is 1. The van der Waals surface area contributed by atoms with E-state index in [0.717, 1.165) is 0 Å². The summed E-state index contributed by atoms with van der Waals surface area (Å²) in [5.74, 6) is 0.799. The lowest BCUT2D eigenvalue weighted by molar-refractivity contribution is -0.446. The lowest BCUT2D eigenvalue weighted by Crippen LogP contribution is -2.47. The molecule has 1 atom stereocenters. The minimum Gasteiger partial charge on any atom is -0.493 e. The molecule has 2 aromatic rings. The second-order valence-corrected chi connectivity index (χ2v) is 15.7. The molecule has 210 valence electrons. The molecule has 0 radical (unpaired) electrons. The van der Waals surface area contributed by atoms with Crippen LogP contribution in [0.3, 0.4) is 0 Å². The number of hydrogen-bond donors (Lipinski definition) is 1. The van der Waals surface area contributed by atoms with E-state index in [-0.39, 0.29) is 29.0 Å². The van der Waals surface area contributed by atoms with Crippen LogP contribution in [-0.4, -0.2) is 80.5 Å². The molecule has 2 heterocycles. The van der Waals surface area contributed by atoms with Gasteiger partial charge in [0.05, 0.1) is 33.5 Å². The molecule has 1 aromatic carbocycles. The number of nitro groups is 1.